The number of carboxylic acid groups (broad SMARTS) is 1. The van der Waals surface area contributed by atoms with E-state index in [-0.39, 0.29) is 5.56 Å². The van der Waals surface area contributed by atoms with Crippen molar-refractivity contribution in [1.82, 2.24) is 0 Å². The van der Waals surface area contributed by atoms with Crippen LogP contribution in [0.4, 0.5) is 0 Å². The molecule has 0 aliphatic heterocycles. The Labute approximate surface area is 122 Å². The fourth-order valence-electron chi connectivity index (χ4n) is 1.39. The highest BCUT2D eigenvalue weighted by molar-refractivity contribution is 9.10. The van der Waals surface area contributed by atoms with Gasteiger partial charge in [-0.25, -0.2) is 4.79 Å². The minimum absolute atomic E-state index is 0.257. The number of carbonyl (C=O) groups is 1. The molecule has 0 radical (unpaired) electrons. The van der Waals surface area contributed by atoms with Crippen LogP contribution in [0.5, 0.6) is 0 Å². The molecular weight excluding hydrogens is 336 g/mol. The first-order chi connectivity index (χ1) is 8.56. The smallest absolute Gasteiger partial charge is 0.336 e. The van der Waals surface area contributed by atoms with E-state index in [2.05, 4.69) is 15.9 Å². The van der Waals surface area contributed by atoms with Crippen LogP contribution in [0.3, 0.4) is 0 Å². The number of halogens is 2. The summed E-state index contributed by atoms with van der Waals surface area (Å²) in [5.41, 5.74) is 0.257. The second-order valence-corrected chi connectivity index (χ2v) is 5.97. The van der Waals surface area contributed by atoms with Gasteiger partial charge in [-0.2, -0.15) is 0 Å². The molecule has 0 spiro atoms. The summed E-state index contributed by atoms with van der Waals surface area (Å²) in [6, 6.07) is 12.4. The van der Waals surface area contributed by atoms with Crippen molar-refractivity contribution >= 4 is 45.3 Å². The Bertz CT molecular complexity index is 584. The van der Waals surface area contributed by atoms with Crippen LogP contribution in [0.25, 0.3) is 0 Å². The molecule has 18 heavy (non-hydrogen) atoms. The van der Waals surface area contributed by atoms with Gasteiger partial charge in [0.1, 0.15) is 0 Å². The molecule has 0 aliphatic carbocycles. The Morgan fingerprint density at radius 1 is 1.17 bits per heavy atom. The van der Waals surface area contributed by atoms with E-state index in [1.54, 1.807) is 12.1 Å². The lowest BCUT2D eigenvalue weighted by Crippen LogP contribution is -1.98. The van der Waals surface area contributed by atoms with Gasteiger partial charge in [0.2, 0.25) is 0 Å². The first-order valence-electron chi connectivity index (χ1n) is 5.02. The zero-order valence-electron chi connectivity index (χ0n) is 9.06. The second-order valence-electron chi connectivity index (χ2n) is 3.50. The predicted octanol–water partition coefficient (Wildman–Crippen LogP) is 4.95. The summed E-state index contributed by atoms with van der Waals surface area (Å²) in [6.07, 6.45) is 0. The molecule has 0 saturated heterocycles. The van der Waals surface area contributed by atoms with Crippen LogP contribution < -0.4 is 0 Å². The van der Waals surface area contributed by atoms with Gasteiger partial charge >= 0.3 is 5.97 Å². The largest absolute Gasteiger partial charge is 0.478 e. The molecule has 2 aromatic rings. The van der Waals surface area contributed by atoms with Gasteiger partial charge < -0.3 is 5.11 Å². The van der Waals surface area contributed by atoms with Crippen LogP contribution in [0, 0.1) is 0 Å². The molecule has 0 atom stereocenters. The summed E-state index contributed by atoms with van der Waals surface area (Å²) >= 11 is 10.6. The Morgan fingerprint density at radius 2 is 1.83 bits per heavy atom. The maximum atomic E-state index is 11.1. The third-order valence-corrected chi connectivity index (χ3v) is 4.04. The van der Waals surface area contributed by atoms with Gasteiger partial charge in [-0.15, -0.1) is 0 Å². The van der Waals surface area contributed by atoms with Crippen LogP contribution >= 0.6 is 39.3 Å². The lowest BCUT2D eigenvalue weighted by atomic mass is 10.2. The minimum Gasteiger partial charge on any atom is -0.478 e. The van der Waals surface area contributed by atoms with Gasteiger partial charge in [-0.05, 0) is 42.5 Å². The molecule has 0 amide bonds. The standard InChI is InChI=1S/C13H8BrClO2S/c14-8-1-4-10(5-2-8)18-12-7-9(15)3-6-11(12)13(16)17/h1-7H,(H,16,17). The number of rotatable bonds is 3. The number of aromatic carboxylic acids is 1. The van der Waals surface area contributed by atoms with Crippen molar-refractivity contribution < 1.29 is 9.90 Å². The van der Waals surface area contributed by atoms with E-state index in [1.807, 2.05) is 24.3 Å². The van der Waals surface area contributed by atoms with Crippen molar-refractivity contribution in [1.29, 1.82) is 0 Å². The van der Waals surface area contributed by atoms with Crippen LogP contribution in [-0.2, 0) is 0 Å². The van der Waals surface area contributed by atoms with Crippen molar-refractivity contribution in [2.24, 2.45) is 0 Å². The van der Waals surface area contributed by atoms with Crippen molar-refractivity contribution in [2.75, 3.05) is 0 Å². The third kappa shape index (κ3) is 3.28. The molecule has 0 aromatic heterocycles. The first kappa shape index (κ1) is 13.5. The quantitative estimate of drug-likeness (QED) is 0.856. The van der Waals surface area contributed by atoms with Crippen LogP contribution in [0.2, 0.25) is 5.02 Å². The van der Waals surface area contributed by atoms with E-state index in [0.29, 0.717) is 9.92 Å². The van der Waals surface area contributed by atoms with Crippen LogP contribution in [-0.4, -0.2) is 11.1 Å². The van der Waals surface area contributed by atoms with Gasteiger partial charge in [-0.3, -0.25) is 0 Å². The fraction of sp³-hybridized carbons (Fsp3) is 0. The molecule has 2 aromatic carbocycles. The summed E-state index contributed by atoms with van der Waals surface area (Å²) in [7, 11) is 0. The van der Waals surface area contributed by atoms with E-state index < -0.39 is 5.97 Å². The maximum Gasteiger partial charge on any atom is 0.336 e. The number of benzene rings is 2. The molecule has 0 fully saturated rings. The number of hydrogen-bond donors (Lipinski definition) is 1. The van der Waals surface area contributed by atoms with Gasteiger partial charge in [0.15, 0.2) is 0 Å². The average molecular weight is 344 g/mol. The van der Waals surface area contributed by atoms with E-state index in [9.17, 15) is 4.79 Å². The summed E-state index contributed by atoms with van der Waals surface area (Å²) < 4.78 is 0.983. The average Bonchev–Trinajstić information content (AvgIpc) is 2.32. The monoisotopic (exact) mass is 342 g/mol. The van der Waals surface area contributed by atoms with Gasteiger partial charge in [-0.1, -0.05) is 39.3 Å². The van der Waals surface area contributed by atoms with E-state index in [1.165, 1.54) is 17.8 Å². The maximum absolute atomic E-state index is 11.1. The third-order valence-electron chi connectivity index (χ3n) is 2.22. The lowest BCUT2D eigenvalue weighted by Gasteiger charge is -2.06. The highest BCUT2D eigenvalue weighted by Gasteiger charge is 2.11. The molecule has 0 unspecified atom stereocenters. The summed E-state index contributed by atoms with van der Waals surface area (Å²) in [5, 5.41) is 9.64. The van der Waals surface area contributed by atoms with Crippen LogP contribution in [0.15, 0.2) is 56.7 Å². The van der Waals surface area contributed by atoms with E-state index in [4.69, 9.17) is 16.7 Å². The molecule has 0 heterocycles. The number of hydrogen-bond acceptors (Lipinski definition) is 2. The van der Waals surface area contributed by atoms with E-state index >= 15 is 0 Å². The molecule has 2 nitrogen and oxygen atoms in total. The Hall–Kier alpha value is -0.970. The molecule has 92 valence electrons. The highest BCUT2D eigenvalue weighted by Crippen LogP contribution is 2.33. The Morgan fingerprint density at radius 3 is 2.44 bits per heavy atom. The first-order valence-corrected chi connectivity index (χ1v) is 7.01. The molecule has 1 N–H and O–H groups in total. The molecule has 0 bridgehead atoms. The Balaban J connectivity index is 2.35. The molecular formula is C13H8BrClO2S. The second kappa shape index (κ2) is 5.78. The topological polar surface area (TPSA) is 37.3 Å². The van der Waals surface area contributed by atoms with Crippen LogP contribution in [0.1, 0.15) is 10.4 Å². The molecule has 0 saturated carbocycles. The molecule has 5 heteroatoms. The van der Waals surface area contributed by atoms with Crippen molar-refractivity contribution in [3.05, 3.63) is 57.5 Å². The molecule has 0 aliphatic rings. The van der Waals surface area contributed by atoms with Crippen molar-refractivity contribution in [2.45, 2.75) is 9.79 Å². The SMILES string of the molecule is O=C(O)c1ccc(Cl)cc1Sc1ccc(Br)cc1. The summed E-state index contributed by atoms with van der Waals surface area (Å²) in [4.78, 5) is 12.7. The fourth-order valence-corrected chi connectivity index (χ4v) is 2.87. The predicted molar refractivity (Wildman–Crippen MR) is 76.7 cm³/mol. The summed E-state index contributed by atoms with van der Waals surface area (Å²) in [5.74, 6) is -0.953. The summed E-state index contributed by atoms with van der Waals surface area (Å²) in [6.45, 7) is 0. The zero-order valence-corrected chi connectivity index (χ0v) is 12.2. The zero-order chi connectivity index (χ0) is 13.1. The highest BCUT2D eigenvalue weighted by atomic mass is 79.9. The minimum atomic E-state index is -0.953. The Kier molecular flexibility index (Phi) is 4.32. The van der Waals surface area contributed by atoms with Crippen molar-refractivity contribution in [3.8, 4) is 0 Å². The van der Waals surface area contributed by atoms with Gasteiger partial charge in [0.05, 0.1) is 5.56 Å². The normalized spacial score (nSPS) is 10.3. The molecule has 2 rings (SSSR count). The lowest BCUT2D eigenvalue weighted by molar-refractivity contribution is 0.0693. The van der Waals surface area contributed by atoms with E-state index in [0.717, 1.165) is 9.37 Å². The van der Waals surface area contributed by atoms with Gasteiger partial charge in [0, 0.05) is 19.3 Å². The van der Waals surface area contributed by atoms with Crippen molar-refractivity contribution in [3.63, 3.8) is 0 Å². The van der Waals surface area contributed by atoms with Gasteiger partial charge in [0.25, 0.3) is 0 Å². The number of carboxylic acids is 1.